The second-order valence-corrected chi connectivity index (χ2v) is 6.20. The van der Waals surface area contributed by atoms with E-state index in [0.717, 1.165) is 0 Å². The molecule has 1 fully saturated rings. The molecule has 0 bridgehead atoms. The third-order valence-corrected chi connectivity index (χ3v) is 4.22. The first kappa shape index (κ1) is 17.0. The lowest BCUT2D eigenvalue weighted by atomic mass is 9.99. The van der Waals surface area contributed by atoms with Crippen molar-refractivity contribution in [3.05, 3.63) is 34.6 Å². The highest BCUT2D eigenvalue weighted by Gasteiger charge is 2.42. The topological polar surface area (TPSA) is 49.4 Å². The van der Waals surface area contributed by atoms with Crippen molar-refractivity contribution in [3.8, 4) is 0 Å². The third-order valence-electron chi connectivity index (χ3n) is 3.67. The van der Waals surface area contributed by atoms with Gasteiger partial charge in [0, 0.05) is 12.5 Å². The van der Waals surface area contributed by atoms with Gasteiger partial charge < -0.3 is 10.2 Å². The van der Waals surface area contributed by atoms with Gasteiger partial charge >= 0.3 is 0 Å². The van der Waals surface area contributed by atoms with Crippen LogP contribution in [0.1, 0.15) is 31.9 Å². The van der Waals surface area contributed by atoms with Gasteiger partial charge in [0.25, 0.3) is 0 Å². The van der Waals surface area contributed by atoms with Crippen molar-refractivity contribution < 1.29 is 14.0 Å². The molecule has 2 rings (SSSR count). The van der Waals surface area contributed by atoms with Crippen LogP contribution < -0.4 is 5.32 Å². The van der Waals surface area contributed by atoms with E-state index in [9.17, 15) is 14.0 Å². The Morgan fingerprint density at radius 3 is 2.73 bits per heavy atom. The summed E-state index contributed by atoms with van der Waals surface area (Å²) in [5.74, 6) is -1.18. The summed E-state index contributed by atoms with van der Waals surface area (Å²) in [7, 11) is 0. The highest BCUT2D eigenvalue weighted by molar-refractivity contribution is 6.30. The van der Waals surface area contributed by atoms with E-state index < -0.39 is 17.9 Å². The standard InChI is InChI=1S/C15H17Cl2FN2O2/c1-8(2)20-14(22)6-12(19-13(21)7-16)15(20)9-3-4-10(17)11(18)5-9/h3-5,8,12,15H,6-7H2,1-2H3,(H,19,21)/t12-,15+/m0/s1. The van der Waals surface area contributed by atoms with Crippen molar-refractivity contribution in [2.24, 2.45) is 0 Å². The average molecular weight is 347 g/mol. The van der Waals surface area contributed by atoms with Crippen molar-refractivity contribution in [1.29, 1.82) is 0 Å². The number of amides is 2. The van der Waals surface area contributed by atoms with Gasteiger partial charge in [0.2, 0.25) is 11.8 Å². The molecule has 1 saturated heterocycles. The van der Waals surface area contributed by atoms with Gasteiger partial charge in [0.1, 0.15) is 11.7 Å². The second kappa shape index (κ2) is 6.84. The molecular formula is C15H17Cl2FN2O2. The normalized spacial score (nSPS) is 21.5. The molecule has 120 valence electrons. The zero-order valence-electron chi connectivity index (χ0n) is 12.3. The Morgan fingerprint density at radius 2 is 2.18 bits per heavy atom. The molecule has 2 atom stereocenters. The molecule has 2 amide bonds. The van der Waals surface area contributed by atoms with E-state index in [1.807, 2.05) is 13.8 Å². The summed E-state index contributed by atoms with van der Waals surface area (Å²) in [4.78, 5) is 25.5. The molecule has 0 saturated carbocycles. The van der Waals surface area contributed by atoms with Crippen LogP contribution in [0.4, 0.5) is 4.39 Å². The summed E-state index contributed by atoms with van der Waals surface area (Å²) >= 11 is 11.2. The molecule has 1 heterocycles. The Bertz CT molecular complexity index is 595. The number of hydrogen-bond donors (Lipinski definition) is 1. The smallest absolute Gasteiger partial charge is 0.235 e. The predicted octanol–water partition coefficient (Wildman–Crippen LogP) is 2.88. The summed E-state index contributed by atoms with van der Waals surface area (Å²) in [5.41, 5.74) is 0.598. The summed E-state index contributed by atoms with van der Waals surface area (Å²) < 4.78 is 13.8. The lowest BCUT2D eigenvalue weighted by Crippen LogP contribution is -2.42. The molecule has 7 heteroatoms. The van der Waals surface area contributed by atoms with Crippen LogP contribution in [0.25, 0.3) is 0 Å². The number of nitrogens with zero attached hydrogens (tertiary/aromatic N) is 1. The largest absolute Gasteiger partial charge is 0.349 e. The SMILES string of the molecule is CC(C)N1C(=O)C[C@H](NC(=O)CCl)[C@H]1c1ccc(Cl)c(F)c1. The summed E-state index contributed by atoms with van der Waals surface area (Å²) in [6, 6.07) is 3.47. The monoisotopic (exact) mass is 346 g/mol. The van der Waals surface area contributed by atoms with Crippen LogP contribution in [0.15, 0.2) is 18.2 Å². The van der Waals surface area contributed by atoms with Crippen LogP contribution in [0.3, 0.4) is 0 Å². The maximum absolute atomic E-state index is 13.8. The Labute approximate surface area is 138 Å². The molecule has 1 aromatic rings. The number of benzene rings is 1. The number of alkyl halides is 1. The van der Waals surface area contributed by atoms with Crippen molar-refractivity contribution in [1.82, 2.24) is 10.2 Å². The summed E-state index contributed by atoms with van der Waals surface area (Å²) in [6.07, 6.45) is 0.162. The molecule has 0 spiro atoms. The fourth-order valence-electron chi connectivity index (χ4n) is 2.83. The number of nitrogens with one attached hydrogen (secondary N) is 1. The Balaban J connectivity index is 2.40. The third kappa shape index (κ3) is 3.36. The molecule has 1 aliphatic heterocycles. The number of carbonyl (C=O) groups is 2. The summed E-state index contributed by atoms with van der Waals surface area (Å²) in [5, 5.41) is 2.76. The zero-order valence-corrected chi connectivity index (χ0v) is 13.8. The highest BCUT2D eigenvalue weighted by atomic mass is 35.5. The molecule has 4 nitrogen and oxygen atoms in total. The minimum atomic E-state index is -0.551. The van der Waals surface area contributed by atoms with E-state index in [1.165, 1.54) is 12.1 Å². The Hall–Kier alpha value is -1.33. The number of halogens is 3. The van der Waals surface area contributed by atoms with Crippen molar-refractivity contribution in [2.75, 3.05) is 5.88 Å². The van der Waals surface area contributed by atoms with Crippen LogP contribution in [-0.4, -0.2) is 34.7 Å². The second-order valence-electron chi connectivity index (χ2n) is 5.52. The lowest BCUT2D eigenvalue weighted by molar-refractivity contribution is -0.130. The van der Waals surface area contributed by atoms with Crippen LogP contribution in [0.2, 0.25) is 5.02 Å². The first-order chi connectivity index (χ1) is 10.3. The van der Waals surface area contributed by atoms with Gasteiger partial charge in [0.15, 0.2) is 0 Å². The predicted molar refractivity (Wildman–Crippen MR) is 83.4 cm³/mol. The van der Waals surface area contributed by atoms with E-state index in [4.69, 9.17) is 23.2 Å². The molecule has 22 heavy (non-hydrogen) atoms. The highest BCUT2D eigenvalue weighted by Crippen LogP contribution is 2.36. The average Bonchev–Trinajstić information content (AvgIpc) is 2.78. The fourth-order valence-corrected chi connectivity index (χ4v) is 3.02. The minimum absolute atomic E-state index is 0.0190. The van der Waals surface area contributed by atoms with Crippen molar-refractivity contribution in [3.63, 3.8) is 0 Å². The summed E-state index contributed by atoms with van der Waals surface area (Å²) in [6.45, 7) is 3.76. The molecule has 1 aliphatic rings. The number of rotatable bonds is 4. The molecule has 0 aromatic heterocycles. The number of likely N-dealkylation sites (tertiary alicyclic amines) is 1. The van der Waals surface area contributed by atoms with Gasteiger partial charge in [0.05, 0.1) is 17.1 Å². The zero-order chi connectivity index (χ0) is 16.4. The van der Waals surface area contributed by atoms with E-state index >= 15 is 0 Å². The Morgan fingerprint density at radius 1 is 1.50 bits per heavy atom. The lowest BCUT2D eigenvalue weighted by Gasteiger charge is -2.32. The van der Waals surface area contributed by atoms with E-state index in [1.54, 1.807) is 11.0 Å². The van der Waals surface area contributed by atoms with Crippen LogP contribution in [-0.2, 0) is 9.59 Å². The van der Waals surface area contributed by atoms with Gasteiger partial charge in [-0.05, 0) is 31.5 Å². The van der Waals surface area contributed by atoms with Gasteiger partial charge in [-0.3, -0.25) is 9.59 Å². The van der Waals surface area contributed by atoms with Gasteiger partial charge in [-0.2, -0.15) is 0 Å². The first-order valence-electron chi connectivity index (χ1n) is 6.96. The van der Waals surface area contributed by atoms with E-state index in [0.29, 0.717) is 5.56 Å². The number of hydrogen-bond acceptors (Lipinski definition) is 2. The van der Waals surface area contributed by atoms with Crippen molar-refractivity contribution in [2.45, 2.75) is 38.4 Å². The van der Waals surface area contributed by atoms with Gasteiger partial charge in [-0.1, -0.05) is 17.7 Å². The van der Waals surface area contributed by atoms with Gasteiger partial charge in [-0.15, -0.1) is 11.6 Å². The van der Waals surface area contributed by atoms with Gasteiger partial charge in [-0.25, -0.2) is 4.39 Å². The fraction of sp³-hybridized carbons (Fsp3) is 0.467. The van der Waals surface area contributed by atoms with E-state index in [2.05, 4.69) is 5.32 Å². The molecule has 1 N–H and O–H groups in total. The Kier molecular flexibility index (Phi) is 5.29. The molecule has 0 aliphatic carbocycles. The van der Waals surface area contributed by atoms with Crippen LogP contribution in [0, 0.1) is 5.82 Å². The molecule has 0 unspecified atom stereocenters. The molecule has 0 radical (unpaired) electrons. The minimum Gasteiger partial charge on any atom is -0.349 e. The number of carbonyl (C=O) groups excluding carboxylic acids is 2. The maximum Gasteiger partial charge on any atom is 0.235 e. The van der Waals surface area contributed by atoms with Crippen LogP contribution >= 0.6 is 23.2 Å². The first-order valence-corrected chi connectivity index (χ1v) is 7.87. The quantitative estimate of drug-likeness (QED) is 0.852. The molecular weight excluding hydrogens is 330 g/mol. The van der Waals surface area contributed by atoms with Crippen molar-refractivity contribution >= 4 is 35.0 Å². The molecule has 1 aromatic carbocycles. The maximum atomic E-state index is 13.8. The van der Waals surface area contributed by atoms with Crippen LogP contribution in [0.5, 0.6) is 0 Å². The van der Waals surface area contributed by atoms with E-state index in [-0.39, 0.29) is 35.2 Å².